The molecule has 0 aliphatic heterocycles. The van der Waals surface area contributed by atoms with E-state index < -0.39 is 0 Å². The van der Waals surface area contributed by atoms with Crippen LogP contribution in [0.15, 0.2) is 273 Å². The van der Waals surface area contributed by atoms with E-state index in [-0.39, 0.29) is 0 Å². The van der Waals surface area contributed by atoms with Gasteiger partial charge in [0.1, 0.15) is 5.82 Å². The molecule has 0 spiro atoms. The second-order valence-corrected chi connectivity index (χ2v) is 19.3. The smallest absolute Gasteiger partial charge is 0.146 e. The largest absolute Gasteiger partial charge is 0.309 e. The van der Waals surface area contributed by atoms with Gasteiger partial charge in [-0.3, -0.25) is 9.55 Å². The minimum atomic E-state index is 0.845. The van der Waals surface area contributed by atoms with E-state index in [1.807, 2.05) is 18.3 Å². The lowest BCUT2D eigenvalue weighted by Crippen LogP contribution is -2.07. The lowest BCUT2D eigenvalue weighted by Gasteiger charge is -2.24. The molecule has 0 saturated heterocycles. The van der Waals surface area contributed by atoms with Crippen molar-refractivity contribution >= 4 is 65.4 Å². The predicted molar refractivity (Wildman–Crippen MR) is 312 cm³/mol. The van der Waals surface area contributed by atoms with Crippen LogP contribution < -0.4 is 0 Å². The molecular formula is C70H45N5. The molecule has 0 amide bonds. The van der Waals surface area contributed by atoms with E-state index in [0.29, 0.717) is 0 Å². The standard InChI is InChI=1S/C70H45N5/c1-4-20-47(21-5-1)67-66(49-37-35-46(36-38-49)59-30-18-19-43-71-59)68(48-22-6-2-7-23-48)70(72-69(67)50-24-8-3-9-25-50)75-64-41-39-51(73-60-31-14-10-26-53(60)54-27-11-15-32-61(54)73)44-57(64)58-45-52(40-42-65(58)75)74-62-33-16-12-28-55(62)56-29-13-17-34-63(56)74/h1-45H. The van der Waals surface area contributed by atoms with Crippen LogP contribution in [-0.4, -0.2) is 23.7 Å². The third-order valence-corrected chi connectivity index (χ3v) is 15.1. The molecule has 5 heterocycles. The predicted octanol–water partition coefficient (Wildman–Crippen LogP) is 18.1. The number of hydrogen-bond donors (Lipinski definition) is 0. The van der Waals surface area contributed by atoms with Gasteiger partial charge < -0.3 is 9.13 Å². The first-order chi connectivity index (χ1) is 37.2. The third-order valence-electron chi connectivity index (χ3n) is 15.1. The first kappa shape index (κ1) is 42.6. The summed E-state index contributed by atoms with van der Waals surface area (Å²) >= 11 is 0. The highest BCUT2D eigenvalue weighted by atomic mass is 15.1. The summed E-state index contributed by atoms with van der Waals surface area (Å²) in [6.45, 7) is 0. The molecule has 5 aromatic heterocycles. The quantitative estimate of drug-likeness (QED) is 0.152. The van der Waals surface area contributed by atoms with E-state index in [0.717, 1.165) is 94.9 Å². The number of aromatic nitrogens is 5. The molecule has 5 heteroatoms. The van der Waals surface area contributed by atoms with Crippen LogP contribution in [0, 0.1) is 0 Å². The second kappa shape index (κ2) is 17.3. The van der Waals surface area contributed by atoms with Gasteiger partial charge in [0.2, 0.25) is 0 Å². The van der Waals surface area contributed by atoms with Crippen LogP contribution in [0.3, 0.4) is 0 Å². The zero-order valence-electron chi connectivity index (χ0n) is 40.7. The number of hydrogen-bond acceptors (Lipinski definition) is 2. The van der Waals surface area contributed by atoms with Crippen molar-refractivity contribution in [3.63, 3.8) is 0 Å². The van der Waals surface area contributed by atoms with Crippen molar-refractivity contribution in [3.05, 3.63) is 273 Å². The molecule has 0 saturated carbocycles. The van der Waals surface area contributed by atoms with Gasteiger partial charge in [-0.15, -0.1) is 0 Å². The molecular weight excluding hydrogens is 911 g/mol. The summed E-state index contributed by atoms with van der Waals surface area (Å²) in [7, 11) is 0. The van der Waals surface area contributed by atoms with E-state index >= 15 is 0 Å². The van der Waals surface area contributed by atoms with Crippen molar-refractivity contribution in [2.24, 2.45) is 0 Å². The van der Waals surface area contributed by atoms with Crippen molar-refractivity contribution in [3.8, 4) is 73.1 Å². The third kappa shape index (κ3) is 6.79. The van der Waals surface area contributed by atoms with Crippen molar-refractivity contribution in [1.82, 2.24) is 23.7 Å². The van der Waals surface area contributed by atoms with E-state index in [1.165, 1.54) is 43.6 Å². The van der Waals surface area contributed by atoms with Crippen LogP contribution in [0.25, 0.3) is 139 Å². The van der Waals surface area contributed by atoms with E-state index in [1.54, 1.807) is 0 Å². The Hall–Kier alpha value is -10.1. The zero-order chi connectivity index (χ0) is 49.4. The number of fused-ring (bicyclic) bond motifs is 9. The summed E-state index contributed by atoms with van der Waals surface area (Å²) in [6, 6.07) is 96.4. The maximum Gasteiger partial charge on any atom is 0.146 e. The van der Waals surface area contributed by atoms with Crippen molar-refractivity contribution < 1.29 is 0 Å². The van der Waals surface area contributed by atoms with Crippen LogP contribution in [-0.2, 0) is 0 Å². The molecule has 0 aliphatic rings. The highest BCUT2D eigenvalue weighted by Crippen LogP contribution is 2.49. The summed E-state index contributed by atoms with van der Waals surface area (Å²) < 4.78 is 7.28. The van der Waals surface area contributed by atoms with Gasteiger partial charge in [-0.1, -0.05) is 194 Å². The Balaban J connectivity index is 1.09. The Morgan fingerprint density at radius 1 is 0.253 bits per heavy atom. The van der Waals surface area contributed by atoms with E-state index in [4.69, 9.17) is 9.97 Å². The summed E-state index contributed by atoms with van der Waals surface area (Å²) in [5, 5.41) is 7.17. The molecule has 0 atom stereocenters. The van der Waals surface area contributed by atoms with Gasteiger partial charge in [-0.2, -0.15) is 0 Å². The maximum absolute atomic E-state index is 6.04. The van der Waals surface area contributed by atoms with Crippen LogP contribution in [0.5, 0.6) is 0 Å². The molecule has 0 N–H and O–H groups in total. The fraction of sp³-hybridized carbons (Fsp3) is 0. The molecule has 5 nitrogen and oxygen atoms in total. The Bertz CT molecular complexity index is 4390. The lowest BCUT2D eigenvalue weighted by molar-refractivity contribution is 1.08. The topological polar surface area (TPSA) is 40.6 Å². The zero-order valence-corrected chi connectivity index (χ0v) is 40.7. The Morgan fingerprint density at radius 3 is 1.11 bits per heavy atom. The van der Waals surface area contributed by atoms with Crippen LogP contribution in [0.2, 0.25) is 0 Å². The fourth-order valence-electron chi connectivity index (χ4n) is 11.8. The van der Waals surface area contributed by atoms with Gasteiger partial charge in [0.25, 0.3) is 0 Å². The molecule has 75 heavy (non-hydrogen) atoms. The molecule has 0 aliphatic carbocycles. The molecule has 0 unspecified atom stereocenters. The molecule has 15 rings (SSSR count). The molecule has 0 fully saturated rings. The summed E-state index contributed by atoms with van der Waals surface area (Å²) in [6.07, 6.45) is 1.86. The van der Waals surface area contributed by atoms with Crippen LogP contribution in [0.1, 0.15) is 0 Å². The average Bonchev–Trinajstić information content (AvgIpc) is 4.19. The minimum Gasteiger partial charge on any atom is -0.309 e. The van der Waals surface area contributed by atoms with Crippen molar-refractivity contribution in [1.29, 1.82) is 0 Å². The summed E-state index contributed by atoms with van der Waals surface area (Å²) in [5.74, 6) is 0.845. The van der Waals surface area contributed by atoms with Gasteiger partial charge in [0, 0.05) is 77.7 Å². The minimum absolute atomic E-state index is 0.845. The number of benzene rings is 10. The number of nitrogens with zero attached hydrogens (tertiary/aromatic N) is 5. The monoisotopic (exact) mass is 955 g/mol. The highest BCUT2D eigenvalue weighted by Gasteiger charge is 2.28. The Kier molecular flexibility index (Phi) is 9.82. The first-order valence-corrected chi connectivity index (χ1v) is 25.6. The molecule has 0 bridgehead atoms. The van der Waals surface area contributed by atoms with Gasteiger partial charge in [-0.25, -0.2) is 4.98 Å². The van der Waals surface area contributed by atoms with E-state index in [2.05, 4.69) is 268 Å². The average molecular weight is 956 g/mol. The number of pyridine rings is 2. The Labute approximate surface area is 433 Å². The molecule has 350 valence electrons. The van der Waals surface area contributed by atoms with Crippen molar-refractivity contribution in [2.45, 2.75) is 0 Å². The summed E-state index contributed by atoms with van der Waals surface area (Å²) in [5.41, 5.74) is 19.3. The van der Waals surface area contributed by atoms with Crippen LogP contribution >= 0.6 is 0 Å². The van der Waals surface area contributed by atoms with Gasteiger partial charge in [0.05, 0.1) is 44.5 Å². The second-order valence-electron chi connectivity index (χ2n) is 19.3. The molecule has 15 aromatic rings. The van der Waals surface area contributed by atoms with Crippen LogP contribution in [0.4, 0.5) is 0 Å². The molecule has 0 radical (unpaired) electrons. The van der Waals surface area contributed by atoms with Gasteiger partial charge >= 0.3 is 0 Å². The summed E-state index contributed by atoms with van der Waals surface area (Å²) in [4.78, 5) is 10.8. The van der Waals surface area contributed by atoms with Gasteiger partial charge in [-0.05, 0) is 89.5 Å². The molecule has 10 aromatic carbocycles. The highest BCUT2D eigenvalue weighted by molar-refractivity contribution is 6.15. The maximum atomic E-state index is 6.04. The number of para-hydroxylation sites is 4. The van der Waals surface area contributed by atoms with Gasteiger partial charge in [0.15, 0.2) is 0 Å². The van der Waals surface area contributed by atoms with E-state index in [9.17, 15) is 0 Å². The SMILES string of the molecule is c1ccc(-c2nc(-n3c4ccc(-n5c6ccccc6c6ccccc65)cc4c4cc(-n5c6ccccc6c6ccccc65)ccc43)c(-c3ccccc3)c(-c3ccc(-c4ccccn4)cc3)c2-c2ccccc2)cc1. The fourth-order valence-corrected chi connectivity index (χ4v) is 11.8. The van der Waals surface area contributed by atoms with Crippen molar-refractivity contribution in [2.75, 3.05) is 0 Å². The Morgan fingerprint density at radius 2 is 0.640 bits per heavy atom. The number of rotatable bonds is 8. The lowest BCUT2D eigenvalue weighted by atomic mass is 9.85. The normalized spacial score (nSPS) is 11.7. The first-order valence-electron chi connectivity index (χ1n) is 25.6.